The fraction of sp³-hybridized carbons (Fsp3) is 0.419. The molecule has 2 heterocycles. The molecule has 0 spiro atoms. The lowest BCUT2D eigenvalue weighted by molar-refractivity contribution is -0.122. The quantitative estimate of drug-likeness (QED) is 0.258. The highest BCUT2D eigenvalue weighted by Gasteiger charge is 2.57. The SMILES string of the molecule is CCC/C(=C\c1cccc(O)c1)CC[C@H]1OC[C@H]2C1=C(CC)C[C@H]1C(=O)N(c3cccc(B(O)O)c3)C(=O)[C@H]12. The molecule has 2 aromatic rings. The fourth-order valence-electron chi connectivity index (χ4n) is 6.65. The number of ether oxygens (including phenoxy) is 1. The summed E-state index contributed by atoms with van der Waals surface area (Å²) in [6.07, 6.45) is 7.06. The van der Waals surface area contributed by atoms with E-state index in [-0.39, 0.29) is 35.0 Å². The molecule has 204 valence electrons. The molecule has 2 aliphatic heterocycles. The van der Waals surface area contributed by atoms with Gasteiger partial charge in [0, 0.05) is 5.92 Å². The lowest BCUT2D eigenvalue weighted by Crippen LogP contribution is -2.35. The predicted octanol–water partition coefficient (Wildman–Crippen LogP) is 3.97. The summed E-state index contributed by atoms with van der Waals surface area (Å²) >= 11 is 0. The maximum Gasteiger partial charge on any atom is 0.488 e. The molecular formula is C31H36BNO6. The first-order chi connectivity index (χ1) is 18.8. The number of allylic oxidation sites excluding steroid dienone is 2. The third-order valence-corrected chi connectivity index (χ3v) is 8.40. The summed E-state index contributed by atoms with van der Waals surface area (Å²) in [5.74, 6) is -1.21. The summed E-state index contributed by atoms with van der Waals surface area (Å²) in [6, 6.07) is 13.6. The highest BCUT2D eigenvalue weighted by molar-refractivity contribution is 6.58. The topological polar surface area (TPSA) is 107 Å². The molecule has 1 aliphatic carbocycles. The van der Waals surface area contributed by atoms with Crippen molar-refractivity contribution < 1.29 is 29.5 Å². The largest absolute Gasteiger partial charge is 0.508 e. The van der Waals surface area contributed by atoms with E-state index in [0.717, 1.165) is 37.7 Å². The summed E-state index contributed by atoms with van der Waals surface area (Å²) in [5.41, 5.74) is 5.32. The number of hydrogen-bond acceptors (Lipinski definition) is 6. The molecule has 39 heavy (non-hydrogen) atoms. The van der Waals surface area contributed by atoms with Crippen molar-refractivity contribution in [1.29, 1.82) is 0 Å². The van der Waals surface area contributed by atoms with Gasteiger partial charge in [-0.25, -0.2) is 0 Å². The van der Waals surface area contributed by atoms with Gasteiger partial charge in [-0.15, -0.1) is 0 Å². The number of phenolic OH excluding ortho intramolecular Hbond substituents is 1. The Morgan fingerprint density at radius 1 is 1.05 bits per heavy atom. The average Bonchev–Trinajstić information content (AvgIpc) is 3.45. The standard InChI is InChI=1S/C31H36BNO6/c1-3-7-19(14-20-8-5-11-24(34)15-20)12-13-27-28-21(4-2)16-25-29(26(28)18-39-27)31(36)33(30(25)35)23-10-6-9-22(17-23)32(37)38/h5-6,8-11,14-15,17,25-27,29,34,37-38H,3-4,7,12-13,16,18H2,1-2H3/b19-14+/t25-,26+,27-,29-/m1/s1. The predicted molar refractivity (Wildman–Crippen MR) is 151 cm³/mol. The van der Waals surface area contributed by atoms with E-state index in [1.54, 1.807) is 30.3 Å². The van der Waals surface area contributed by atoms with Crippen molar-refractivity contribution in [3.8, 4) is 5.75 Å². The van der Waals surface area contributed by atoms with E-state index in [1.165, 1.54) is 27.7 Å². The number of fused-ring (bicyclic) bond motifs is 3. The Balaban J connectivity index is 1.37. The molecule has 2 saturated heterocycles. The molecule has 4 atom stereocenters. The number of carbonyl (C=O) groups excluding carboxylic acids is 2. The van der Waals surface area contributed by atoms with Crippen molar-refractivity contribution in [2.24, 2.45) is 17.8 Å². The maximum atomic E-state index is 13.7. The number of anilines is 1. The Morgan fingerprint density at radius 3 is 2.56 bits per heavy atom. The zero-order valence-electron chi connectivity index (χ0n) is 22.5. The first-order valence-electron chi connectivity index (χ1n) is 14.0. The summed E-state index contributed by atoms with van der Waals surface area (Å²) < 4.78 is 6.34. The first-order valence-corrected chi connectivity index (χ1v) is 14.0. The minimum atomic E-state index is -1.68. The third-order valence-electron chi connectivity index (χ3n) is 8.40. The Kier molecular flexibility index (Phi) is 8.07. The molecule has 0 unspecified atom stereocenters. The smallest absolute Gasteiger partial charge is 0.488 e. The van der Waals surface area contributed by atoms with Gasteiger partial charge in [-0.05, 0) is 73.0 Å². The van der Waals surface area contributed by atoms with E-state index in [2.05, 4.69) is 19.9 Å². The van der Waals surface area contributed by atoms with Crippen LogP contribution in [0, 0.1) is 17.8 Å². The average molecular weight is 529 g/mol. The van der Waals surface area contributed by atoms with E-state index in [9.17, 15) is 24.7 Å². The summed E-state index contributed by atoms with van der Waals surface area (Å²) in [4.78, 5) is 28.5. The summed E-state index contributed by atoms with van der Waals surface area (Å²) in [6.45, 7) is 4.68. The van der Waals surface area contributed by atoms with Gasteiger partial charge in [0.2, 0.25) is 11.8 Å². The molecule has 3 aliphatic rings. The van der Waals surface area contributed by atoms with Crippen LogP contribution in [0.15, 0.2) is 65.3 Å². The van der Waals surface area contributed by atoms with Crippen molar-refractivity contribution in [3.05, 3.63) is 70.8 Å². The molecule has 2 aromatic carbocycles. The van der Waals surface area contributed by atoms with Crippen molar-refractivity contribution in [3.63, 3.8) is 0 Å². The van der Waals surface area contributed by atoms with Crippen LogP contribution in [0.5, 0.6) is 5.75 Å². The minimum Gasteiger partial charge on any atom is -0.508 e. The second kappa shape index (κ2) is 11.5. The van der Waals surface area contributed by atoms with Gasteiger partial charge < -0.3 is 19.9 Å². The number of benzene rings is 2. The van der Waals surface area contributed by atoms with Crippen molar-refractivity contribution in [2.75, 3.05) is 11.5 Å². The molecule has 7 nitrogen and oxygen atoms in total. The number of hydrogen-bond donors (Lipinski definition) is 3. The first kappa shape index (κ1) is 27.4. The molecule has 5 rings (SSSR count). The van der Waals surface area contributed by atoms with E-state index in [4.69, 9.17) is 4.74 Å². The molecular weight excluding hydrogens is 493 g/mol. The lowest BCUT2D eigenvalue weighted by Gasteiger charge is -2.31. The normalized spacial score (nSPS) is 24.8. The molecule has 0 radical (unpaired) electrons. The van der Waals surface area contributed by atoms with Crippen LogP contribution in [-0.4, -0.2) is 46.8 Å². The second-order valence-corrected chi connectivity index (χ2v) is 10.8. The van der Waals surface area contributed by atoms with Crippen LogP contribution in [0.25, 0.3) is 6.08 Å². The maximum absolute atomic E-state index is 13.7. The molecule has 0 saturated carbocycles. The van der Waals surface area contributed by atoms with E-state index in [1.807, 2.05) is 12.1 Å². The monoisotopic (exact) mass is 529 g/mol. The Morgan fingerprint density at radius 2 is 1.85 bits per heavy atom. The Hall–Kier alpha value is -3.20. The third kappa shape index (κ3) is 5.33. The van der Waals surface area contributed by atoms with Crippen LogP contribution in [-0.2, 0) is 14.3 Å². The van der Waals surface area contributed by atoms with Gasteiger partial charge in [0.25, 0.3) is 0 Å². The van der Waals surface area contributed by atoms with Crippen molar-refractivity contribution in [1.82, 2.24) is 0 Å². The van der Waals surface area contributed by atoms with Crippen LogP contribution in [0.1, 0.15) is 57.9 Å². The lowest BCUT2D eigenvalue weighted by atomic mass is 9.69. The highest BCUT2D eigenvalue weighted by Crippen LogP contribution is 2.51. The Labute approximate surface area is 229 Å². The molecule has 2 amide bonds. The minimum absolute atomic E-state index is 0.0832. The second-order valence-electron chi connectivity index (χ2n) is 10.8. The summed E-state index contributed by atoms with van der Waals surface area (Å²) in [7, 11) is -1.68. The van der Waals surface area contributed by atoms with Gasteiger partial charge in [0.1, 0.15) is 5.75 Å². The van der Waals surface area contributed by atoms with Gasteiger partial charge in [-0.1, -0.05) is 61.8 Å². The number of amides is 2. The summed E-state index contributed by atoms with van der Waals surface area (Å²) in [5, 5.41) is 29.0. The fourth-order valence-corrected chi connectivity index (χ4v) is 6.65. The van der Waals surface area contributed by atoms with Gasteiger partial charge >= 0.3 is 7.12 Å². The van der Waals surface area contributed by atoms with Crippen LogP contribution >= 0.6 is 0 Å². The van der Waals surface area contributed by atoms with Gasteiger partial charge in [0.05, 0.1) is 30.2 Å². The van der Waals surface area contributed by atoms with Crippen molar-refractivity contribution >= 4 is 36.2 Å². The number of nitrogens with zero attached hydrogens (tertiary/aromatic N) is 1. The van der Waals surface area contributed by atoms with Crippen LogP contribution < -0.4 is 10.4 Å². The number of carbonyl (C=O) groups is 2. The van der Waals surface area contributed by atoms with Gasteiger partial charge in [0.15, 0.2) is 0 Å². The van der Waals surface area contributed by atoms with Crippen LogP contribution in [0.2, 0.25) is 0 Å². The van der Waals surface area contributed by atoms with Crippen molar-refractivity contribution in [2.45, 2.75) is 58.5 Å². The van der Waals surface area contributed by atoms with Gasteiger partial charge in [-0.2, -0.15) is 0 Å². The van der Waals surface area contributed by atoms with Crippen LogP contribution in [0.4, 0.5) is 5.69 Å². The van der Waals surface area contributed by atoms with E-state index < -0.39 is 19.0 Å². The zero-order valence-corrected chi connectivity index (χ0v) is 22.5. The number of aromatic hydroxyl groups is 1. The number of phenols is 1. The highest BCUT2D eigenvalue weighted by atomic mass is 16.5. The molecule has 3 N–H and O–H groups in total. The molecule has 0 bridgehead atoms. The van der Waals surface area contributed by atoms with E-state index in [0.29, 0.717) is 18.7 Å². The Bertz CT molecular complexity index is 1320. The van der Waals surface area contributed by atoms with Crippen LogP contribution in [0.3, 0.4) is 0 Å². The molecule has 0 aromatic heterocycles. The number of rotatable bonds is 9. The molecule has 8 heteroatoms. The van der Waals surface area contributed by atoms with E-state index >= 15 is 0 Å². The zero-order chi connectivity index (χ0) is 27.7. The van der Waals surface area contributed by atoms with Gasteiger partial charge in [-0.3, -0.25) is 14.5 Å². The number of imide groups is 1. The molecule has 2 fully saturated rings.